The summed E-state index contributed by atoms with van der Waals surface area (Å²) >= 11 is 3.15. The molecule has 0 spiro atoms. The van der Waals surface area contributed by atoms with Gasteiger partial charge in [0.25, 0.3) is 15.9 Å². The lowest BCUT2D eigenvalue weighted by Crippen LogP contribution is -2.24. The van der Waals surface area contributed by atoms with E-state index in [9.17, 15) is 13.2 Å². The molecule has 1 amide bonds. The summed E-state index contributed by atoms with van der Waals surface area (Å²) in [5.41, 5.74) is 0.218. The largest absolute Gasteiger partial charge is 0.269 e. The molecule has 14 heavy (non-hydrogen) atoms. The van der Waals surface area contributed by atoms with Gasteiger partial charge < -0.3 is 0 Å². The Labute approximate surface area is 89.7 Å². The number of halogens is 1. The van der Waals surface area contributed by atoms with Crippen LogP contribution >= 0.6 is 15.9 Å². The number of amides is 1. The summed E-state index contributed by atoms with van der Waals surface area (Å²) < 4.78 is 24.5. The van der Waals surface area contributed by atoms with Crippen LogP contribution in [-0.4, -0.2) is 25.7 Å². The highest BCUT2D eigenvalue weighted by Gasteiger charge is 2.39. The van der Waals surface area contributed by atoms with Crippen molar-refractivity contribution in [3.8, 4) is 0 Å². The molecule has 6 heteroatoms. The summed E-state index contributed by atoms with van der Waals surface area (Å²) in [6, 6.07) is 4.66. The van der Waals surface area contributed by atoms with Crippen LogP contribution in [-0.2, 0) is 10.0 Å². The SMILES string of the molecule is CN1C(=O)c2c(Br)cccc2S1(=O)=O. The summed E-state index contributed by atoms with van der Waals surface area (Å²) in [5, 5.41) is 0. The Morgan fingerprint density at radius 2 is 2.00 bits per heavy atom. The van der Waals surface area contributed by atoms with E-state index in [4.69, 9.17) is 0 Å². The first-order chi connectivity index (χ1) is 6.46. The fraction of sp³-hybridized carbons (Fsp3) is 0.125. The molecule has 0 saturated heterocycles. The first-order valence-corrected chi connectivity index (χ1v) is 6.01. The van der Waals surface area contributed by atoms with Crippen LogP contribution in [0.5, 0.6) is 0 Å². The first kappa shape index (κ1) is 9.67. The van der Waals surface area contributed by atoms with Crippen molar-refractivity contribution in [3.63, 3.8) is 0 Å². The standard InChI is InChI=1S/C8H6BrNO3S/c1-10-8(11)7-5(9)3-2-4-6(7)14(10,12)13/h2-4H,1H3. The second kappa shape index (κ2) is 2.80. The van der Waals surface area contributed by atoms with Crippen LogP contribution in [0.15, 0.2) is 27.6 Å². The Hall–Kier alpha value is -0.880. The minimum atomic E-state index is -3.60. The topological polar surface area (TPSA) is 54.5 Å². The van der Waals surface area contributed by atoms with Gasteiger partial charge in [0, 0.05) is 11.5 Å². The minimum Gasteiger partial charge on any atom is -0.268 e. The van der Waals surface area contributed by atoms with Crippen LogP contribution in [0.4, 0.5) is 0 Å². The zero-order chi connectivity index (χ0) is 10.5. The molecule has 1 aliphatic heterocycles. The molecule has 0 N–H and O–H groups in total. The van der Waals surface area contributed by atoms with Gasteiger partial charge in [0.2, 0.25) is 0 Å². The molecular formula is C8H6BrNO3S. The second-order valence-electron chi connectivity index (χ2n) is 2.89. The maximum absolute atomic E-state index is 11.6. The van der Waals surface area contributed by atoms with Crippen LogP contribution in [0, 0.1) is 0 Å². The average molecular weight is 276 g/mol. The lowest BCUT2D eigenvalue weighted by molar-refractivity contribution is 0.0891. The quantitative estimate of drug-likeness (QED) is 0.716. The fourth-order valence-corrected chi connectivity index (χ4v) is 3.32. The fourth-order valence-electron chi connectivity index (χ4n) is 1.34. The highest BCUT2D eigenvalue weighted by atomic mass is 79.9. The van der Waals surface area contributed by atoms with Crippen molar-refractivity contribution >= 4 is 31.9 Å². The molecule has 0 aromatic heterocycles. The van der Waals surface area contributed by atoms with E-state index in [0.717, 1.165) is 4.31 Å². The molecule has 4 nitrogen and oxygen atoms in total. The van der Waals surface area contributed by atoms with Crippen LogP contribution in [0.3, 0.4) is 0 Å². The van der Waals surface area contributed by atoms with Gasteiger partial charge in [-0.15, -0.1) is 0 Å². The maximum Gasteiger partial charge on any atom is 0.269 e. The summed E-state index contributed by atoms with van der Waals surface area (Å²) in [6.07, 6.45) is 0. The number of benzene rings is 1. The third-order valence-corrected chi connectivity index (χ3v) is 4.56. The molecule has 0 saturated carbocycles. The van der Waals surface area contributed by atoms with Crippen LogP contribution in [0.1, 0.15) is 10.4 Å². The Balaban J connectivity index is 2.88. The summed E-state index contributed by atoms with van der Waals surface area (Å²) in [4.78, 5) is 11.6. The van der Waals surface area contributed by atoms with E-state index >= 15 is 0 Å². The van der Waals surface area contributed by atoms with Crippen molar-refractivity contribution in [2.45, 2.75) is 4.90 Å². The van der Waals surface area contributed by atoms with E-state index in [2.05, 4.69) is 15.9 Å². The molecule has 74 valence electrons. The lowest BCUT2D eigenvalue weighted by Gasteiger charge is -2.05. The summed E-state index contributed by atoms with van der Waals surface area (Å²) in [5.74, 6) is -0.493. The second-order valence-corrected chi connectivity index (χ2v) is 5.68. The smallest absolute Gasteiger partial charge is 0.268 e. The van der Waals surface area contributed by atoms with Gasteiger partial charge in [0.05, 0.1) is 5.56 Å². The van der Waals surface area contributed by atoms with Gasteiger partial charge in [-0.05, 0) is 28.1 Å². The summed E-state index contributed by atoms with van der Waals surface area (Å²) in [6.45, 7) is 0. The molecule has 0 atom stereocenters. The molecule has 0 bridgehead atoms. The molecule has 0 aliphatic carbocycles. The van der Waals surface area contributed by atoms with E-state index < -0.39 is 15.9 Å². The van der Waals surface area contributed by atoms with Crippen molar-refractivity contribution in [1.29, 1.82) is 0 Å². The third kappa shape index (κ3) is 1.04. The number of hydrogen-bond donors (Lipinski definition) is 0. The van der Waals surface area contributed by atoms with E-state index in [1.54, 1.807) is 12.1 Å². The minimum absolute atomic E-state index is 0.0689. The van der Waals surface area contributed by atoms with Gasteiger partial charge >= 0.3 is 0 Å². The number of carbonyl (C=O) groups excluding carboxylic acids is 1. The molecule has 0 unspecified atom stereocenters. The van der Waals surface area contributed by atoms with Crippen molar-refractivity contribution < 1.29 is 13.2 Å². The normalized spacial score (nSPS) is 18.4. The van der Waals surface area contributed by atoms with Gasteiger partial charge in [-0.25, -0.2) is 12.7 Å². The number of nitrogens with zero attached hydrogens (tertiary/aromatic N) is 1. The van der Waals surface area contributed by atoms with E-state index in [1.165, 1.54) is 13.1 Å². The number of fused-ring (bicyclic) bond motifs is 1. The predicted molar refractivity (Wildman–Crippen MR) is 53.4 cm³/mol. The van der Waals surface area contributed by atoms with Gasteiger partial charge in [0.15, 0.2) is 0 Å². The van der Waals surface area contributed by atoms with E-state index in [1.807, 2.05) is 0 Å². The van der Waals surface area contributed by atoms with E-state index in [0.29, 0.717) is 4.47 Å². The van der Waals surface area contributed by atoms with Crippen molar-refractivity contribution in [2.75, 3.05) is 7.05 Å². The number of sulfonamides is 1. The molecule has 0 fully saturated rings. The van der Waals surface area contributed by atoms with Gasteiger partial charge in [-0.3, -0.25) is 4.79 Å². The highest BCUT2D eigenvalue weighted by Crippen LogP contribution is 2.33. The van der Waals surface area contributed by atoms with Crippen molar-refractivity contribution in [3.05, 3.63) is 28.2 Å². The zero-order valence-electron chi connectivity index (χ0n) is 7.19. The Morgan fingerprint density at radius 3 is 2.57 bits per heavy atom. The summed E-state index contributed by atoms with van der Waals surface area (Å²) in [7, 11) is -2.35. The zero-order valence-corrected chi connectivity index (χ0v) is 9.59. The molecular weight excluding hydrogens is 270 g/mol. The Kier molecular flexibility index (Phi) is 1.94. The third-order valence-electron chi connectivity index (χ3n) is 2.11. The van der Waals surface area contributed by atoms with Crippen molar-refractivity contribution in [2.24, 2.45) is 0 Å². The van der Waals surface area contributed by atoms with Gasteiger partial charge in [-0.2, -0.15) is 0 Å². The van der Waals surface area contributed by atoms with Gasteiger partial charge in [0.1, 0.15) is 4.90 Å². The highest BCUT2D eigenvalue weighted by molar-refractivity contribution is 9.10. The molecule has 0 radical (unpaired) electrons. The maximum atomic E-state index is 11.6. The molecule has 1 heterocycles. The lowest BCUT2D eigenvalue weighted by atomic mass is 10.2. The van der Waals surface area contributed by atoms with Crippen LogP contribution < -0.4 is 0 Å². The van der Waals surface area contributed by atoms with Crippen LogP contribution in [0.2, 0.25) is 0 Å². The predicted octanol–water partition coefficient (Wildman–Crippen LogP) is 1.22. The van der Waals surface area contributed by atoms with E-state index in [-0.39, 0.29) is 10.5 Å². The number of hydrogen-bond acceptors (Lipinski definition) is 3. The molecule has 2 rings (SSSR count). The monoisotopic (exact) mass is 275 g/mol. The Morgan fingerprint density at radius 1 is 1.36 bits per heavy atom. The molecule has 1 aromatic rings. The number of carbonyl (C=O) groups is 1. The average Bonchev–Trinajstić information content (AvgIpc) is 2.30. The molecule has 1 aromatic carbocycles. The molecule has 1 aliphatic rings. The number of rotatable bonds is 0. The van der Waals surface area contributed by atoms with Crippen LogP contribution in [0.25, 0.3) is 0 Å². The first-order valence-electron chi connectivity index (χ1n) is 3.78. The Bertz CT molecular complexity index is 523. The van der Waals surface area contributed by atoms with Gasteiger partial charge in [-0.1, -0.05) is 6.07 Å². The van der Waals surface area contributed by atoms with Crippen molar-refractivity contribution in [1.82, 2.24) is 4.31 Å².